The number of nitrogen functional groups attached to an aromatic ring is 1. The molecule has 0 atom stereocenters. The molecule has 0 amide bonds. The molecule has 0 saturated heterocycles. The molecule has 0 saturated carbocycles. The number of nitrogens with two attached hydrogens (primary N) is 1. The number of ether oxygens (including phenoxy) is 2. The van der Waals surface area contributed by atoms with E-state index in [-0.39, 0.29) is 0 Å². The highest BCUT2D eigenvalue weighted by molar-refractivity contribution is 6.30. The number of aromatic nitrogens is 1. The van der Waals surface area contributed by atoms with Crippen LogP contribution < -0.4 is 15.2 Å². The summed E-state index contributed by atoms with van der Waals surface area (Å²) in [5.41, 5.74) is 6.35. The molecule has 2 rings (SSSR count). The van der Waals surface area contributed by atoms with E-state index in [0.717, 1.165) is 0 Å². The van der Waals surface area contributed by atoms with Crippen molar-refractivity contribution in [1.29, 1.82) is 0 Å². The number of nitrogens with zero attached hydrogens (tertiary/aromatic N) is 1. The maximum atomic E-state index is 5.83. The number of pyridine rings is 1. The van der Waals surface area contributed by atoms with Gasteiger partial charge in [-0.1, -0.05) is 11.6 Å². The van der Waals surface area contributed by atoms with Crippen LogP contribution in [0.1, 0.15) is 6.92 Å². The Kier molecular flexibility index (Phi) is 3.89. The van der Waals surface area contributed by atoms with Crippen LogP contribution >= 0.6 is 11.6 Å². The van der Waals surface area contributed by atoms with Crippen molar-refractivity contribution < 1.29 is 9.47 Å². The Labute approximate surface area is 110 Å². The molecule has 94 valence electrons. The second-order valence-electron chi connectivity index (χ2n) is 3.61. The predicted octanol–water partition coefficient (Wildman–Crippen LogP) is 3.51. The summed E-state index contributed by atoms with van der Waals surface area (Å²) in [6, 6.07) is 6.90. The number of hydrogen-bond acceptors (Lipinski definition) is 4. The molecule has 18 heavy (non-hydrogen) atoms. The molecule has 0 aliphatic rings. The monoisotopic (exact) mass is 264 g/mol. The Hall–Kier alpha value is -1.94. The van der Waals surface area contributed by atoms with Gasteiger partial charge in [0.05, 0.1) is 17.8 Å². The van der Waals surface area contributed by atoms with Gasteiger partial charge in [-0.15, -0.1) is 0 Å². The highest BCUT2D eigenvalue weighted by Gasteiger charge is 2.03. The minimum absolute atomic E-state index is 0.515. The summed E-state index contributed by atoms with van der Waals surface area (Å²) < 4.78 is 11.0. The minimum atomic E-state index is 0.515. The molecule has 0 radical (unpaired) electrons. The second kappa shape index (κ2) is 5.60. The molecule has 0 aliphatic heterocycles. The van der Waals surface area contributed by atoms with Gasteiger partial charge in [-0.2, -0.15) is 0 Å². The summed E-state index contributed by atoms with van der Waals surface area (Å²) in [6.07, 6.45) is 3.12. The summed E-state index contributed by atoms with van der Waals surface area (Å²) in [7, 11) is 0. The number of hydrogen-bond donors (Lipinski definition) is 1. The molecule has 1 aromatic heterocycles. The van der Waals surface area contributed by atoms with Gasteiger partial charge in [0.25, 0.3) is 0 Å². The number of benzene rings is 1. The summed E-state index contributed by atoms with van der Waals surface area (Å²) in [5.74, 6) is 1.81. The maximum absolute atomic E-state index is 5.83. The van der Waals surface area contributed by atoms with Crippen molar-refractivity contribution in [2.45, 2.75) is 6.92 Å². The molecule has 0 spiro atoms. The average molecular weight is 265 g/mol. The third kappa shape index (κ3) is 3.28. The van der Waals surface area contributed by atoms with Gasteiger partial charge >= 0.3 is 0 Å². The van der Waals surface area contributed by atoms with Crippen LogP contribution in [0.2, 0.25) is 5.02 Å². The van der Waals surface area contributed by atoms with Gasteiger partial charge in [0.2, 0.25) is 0 Å². The van der Waals surface area contributed by atoms with E-state index in [1.807, 2.05) is 6.92 Å². The first-order chi connectivity index (χ1) is 8.67. The quantitative estimate of drug-likeness (QED) is 0.859. The van der Waals surface area contributed by atoms with Gasteiger partial charge in [-0.25, -0.2) is 0 Å². The fraction of sp³-hybridized carbons (Fsp3) is 0.154. The van der Waals surface area contributed by atoms with Crippen LogP contribution in [-0.4, -0.2) is 11.6 Å². The third-order valence-electron chi connectivity index (χ3n) is 2.13. The Bertz CT molecular complexity index is 546. The van der Waals surface area contributed by atoms with Gasteiger partial charge in [-0.05, 0) is 6.92 Å². The normalized spacial score (nSPS) is 10.1. The van der Waals surface area contributed by atoms with Crippen molar-refractivity contribution in [2.24, 2.45) is 0 Å². The van der Waals surface area contributed by atoms with Gasteiger partial charge in [-0.3, -0.25) is 4.98 Å². The zero-order valence-corrected chi connectivity index (χ0v) is 10.6. The van der Waals surface area contributed by atoms with Crippen molar-refractivity contribution in [3.05, 3.63) is 41.7 Å². The van der Waals surface area contributed by atoms with Crippen molar-refractivity contribution in [1.82, 2.24) is 4.98 Å². The largest absolute Gasteiger partial charge is 0.494 e. The standard InChI is InChI=1S/C13H13ClN2O2/c1-2-17-11-4-10(15)5-12(6-11)18-13-3-9(14)7-16-8-13/h3-8H,2,15H2,1H3. The topological polar surface area (TPSA) is 57.4 Å². The lowest BCUT2D eigenvalue weighted by Crippen LogP contribution is -1.95. The molecule has 0 aliphatic carbocycles. The lowest BCUT2D eigenvalue weighted by atomic mass is 10.3. The number of halogens is 1. The molecule has 0 fully saturated rings. The van der Waals surface area contributed by atoms with E-state index in [9.17, 15) is 0 Å². The fourth-order valence-corrected chi connectivity index (χ4v) is 1.65. The molecule has 1 heterocycles. The first-order valence-corrected chi connectivity index (χ1v) is 5.87. The first-order valence-electron chi connectivity index (χ1n) is 5.49. The molecule has 0 unspecified atom stereocenters. The Morgan fingerprint density at radius 3 is 2.61 bits per heavy atom. The van der Waals surface area contributed by atoms with Crippen molar-refractivity contribution in [3.63, 3.8) is 0 Å². The molecule has 2 aromatic rings. The molecule has 5 heteroatoms. The summed E-state index contributed by atoms with van der Waals surface area (Å²) in [5, 5.41) is 0.515. The van der Waals surface area contributed by atoms with Crippen molar-refractivity contribution in [2.75, 3.05) is 12.3 Å². The SMILES string of the molecule is CCOc1cc(N)cc(Oc2cncc(Cl)c2)c1. The van der Waals surface area contributed by atoms with Crippen LogP contribution in [0.25, 0.3) is 0 Å². The van der Waals surface area contributed by atoms with Crippen LogP contribution in [0.4, 0.5) is 5.69 Å². The fourth-order valence-electron chi connectivity index (χ4n) is 1.49. The van der Waals surface area contributed by atoms with Crippen LogP contribution in [0.15, 0.2) is 36.7 Å². The minimum Gasteiger partial charge on any atom is -0.494 e. The molecular weight excluding hydrogens is 252 g/mol. The predicted molar refractivity (Wildman–Crippen MR) is 71.3 cm³/mol. The molecule has 1 aromatic carbocycles. The lowest BCUT2D eigenvalue weighted by molar-refractivity contribution is 0.338. The van der Waals surface area contributed by atoms with E-state index < -0.39 is 0 Å². The highest BCUT2D eigenvalue weighted by Crippen LogP contribution is 2.29. The lowest BCUT2D eigenvalue weighted by Gasteiger charge is -2.09. The van der Waals surface area contributed by atoms with Gasteiger partial charge < -0.3 is 15.2 Å². The van der Waals surface area contributed by atoms with Gasteiger partial charge in [0, 0.05) is 36.1 Å². The van der Waals surface area contributed by atoms with Crippen LogP contribution in [0, 0.1) is 0 Å². The summed E-state index contributed by atoms with van der Waals surface area (Å²) in [6.45, 7) is 2.48. The van der Waals surface area contributed by atoms with Crippen LogP contribution in [0.5, 0.6) is 17.2 Å². The maximum Gasteiger partial charge on any atom is 0.147 e. The smallest absolute Gasteiger partial charge is 0.147 e. The van der Waals surface area contributed by atoms with Crippen molar-refractivity contribution >= 4 is 17.3 Å². The average Bonchev–Trinajstić information content (AvgIpc) is 2.28. The van der Waals surface area contributed by atoms with E-state index >= 15 is 0 Å². The molecule has 4 nitrogen and oxygen atoms in total. The Balaban J connectivity index is 2.23. The number of rotatable bonds is 4. The van der Waals surface area contributed by atoms with Crippen molar-refractivity contribution in [3.8, 4) is 17.2 Å². The molecule has 0 bridgehead atoms. The summed E-state index contributed by atoms with van der Waals surface area (Å²) >= 11 is 5.83. The zero-order chi connectivity index (χ0) is 13.0. The van der Waals surface area contributed by atoms with Crippen LogP contribution in [0.3, 0.4) is 0 Å². The highest BCUT2D eigenvalue weighted by atomic mass is 35.5. The molecular formula is C13H13ClN2O2. The Morgan fingerprint density at radius 1 is 1.11 bits per heavy atom. The summed E-state index contributed by atoms with van der Waals surface area (Å²) in [4.78, 5) is 3.94. The van der Waals surface area contributed by atoms with E-state index in [1.54, 1.807) is 36.7 Å². The second-order valence-corrected chi connectivity index (χ2v) is 4.05. The number of anilines is 1. The van der Waals surface area contributed by atoms with Gasteiger partial charge in [0.15, 0.2) is 0 Å². The third-order valence-corrected chi connectivity index (χ3v) is 2.34. The van der Waals surface area contributed by atoms with E-state index in [1.165, 1.54) is 0 Å². The van der Waals surface area contributed by atoms with Gasteiger partial charge in [0.1, 0.15) is 17.2 Å². The molecule has 2 N–H and O–H groups in total. The Morgan fingerprint density at radius 2 is 1.89 bits per heavy atom. The van der Waals surface area contributed by atoms with Crippen LogP contribution in [-0.2, 0) is 0 Å². The first kappa shape index (κ1) is 12.5. The van der Waals surface area contributed by atoms with E-state index in [2.05, 4.69) is 4.98 Å². The van der Waals surface area contributed by atoms with E-state index in [4.69, 9.17) is 26.8 Å². The zero-order valence-electron chi connectivity index (χ0n) is 9.89. The van der Waals surface area contributed by atoms with E-state index in [0.29, 0.717) is 34.6 Å².